The van der Waals surface area contributed by atoms with Gasteiger partial charge < -0.3 is 14.8 Å². The van der Waals surface area contributed by atoms with Crippen molar-refractivity contribution in [2.75, 3.05) is 37.0 Å². The SMILES string of the molecule is COCC(=O)Nc1ccc2c(c1)CCCN2S(=O)(=O)c1ccc(OC)cc1. The van der Waals surface area contributed by atoms with E-state index in [-0.39, 0.29) is 17.4 Å². The maximum absolute atomic E-state index is 13.1. The van der Waals surface area contributed by atoms with E-state index in [1.807, 2.05) is 6.07 Å². The zero-order valence-electron chi connectivity index (χ0n) is 15.3. The minimum absolute atomic E-state index is 0.0327. The van der Waals surface area contributed by atoms with Crippen molar-refractivity contribution in [3.05, 3.63) is 48.0 Å². The smallest absolute Gasteiger partial charge is 0.264 e. The first-order valence-electron chi connectivity index (χ1n) is 8.54. The molecule has 1 heterocycles. The number of sulfonamides is 1. The standard InChI is InChI=1S/C19H22N2O5S/c1-25-13-19(22)20-15-5-10-18-14(12-15)4-3-11-21(18)27(23,24)17-8-6-16(26-2)7-9-17/h5-10,12H,3-4,11,13H2,1-2H3,(H,20,22). The molecule has 8 heteroatoms. The highest BCUT2D eigenvalue weighted by molar-refractivity contribution is 7.92. The monoisotopic (exact) mass is 390 g/mol. The lowest BCUT2D eigenvalue weighted by Gasteiger charge is -2.31. The van der Waals surface area contributed by atoms with Gasteiger partial charge in [-0.05, 0) is 60.9 Å². The molecule has 0 aromatic heterocycles. The Morgan fingerprint density at radius 3 is 2.56 bits per heavy atom. The molecule has 0 unspecified atom stereocenters. The fraction of sp³-hybridized carbons (Fsp3) is 0.316. The molecule has 0 atom stereocenters. The molecule has 0 fully saturated rings. The number of rotatable bonds is 6. The number of hydrogen-bond acceptors (Lipinski definition) is 5. The average molecular weight is 390 g/mol. The molecule has 0 saturated heterocycles. The van der Waals surface area contributed by atoms with E-state index >= 15 is 0 Å². The normalized spacial score (nSPS) is 13.8. The second-order valence-electron chi connectivity index (χ2n) is 6.18. The molecule has 1 amide bonds. The number of hydrogen-bond donors (Lipinski definition) is 1. The van der Waals surface area contributed by atoms with Gasteiger partial charge in [-0.3, -0.25) is 9.10 Å². The van der Waals surface area contributed by atoms with Crippen molar-refractivity contribution in [1.29, 1.82) is 0 Å². The van der Waals surface area contributed by atoms with Crippen molar-refractivity contribution in [2.45, 2.75) is 17.7 Å². The van der Waals surface area contributed by atoms with Crippen LogP contribution in [0, 0.1) is 0 Å². The van der Waals surface area contributed by atoms with E-state index in [4.69, 9.17) is 9.47 Å². The van der Waals surface area contributed by atoms with E-state index in [0.29, 0.717) is 30.1 Å². The van der Waals surface area contributed by atoms with Crippen LogP contribution in [0.15, 0.2) is 47.4 Å². The molecule has 2 aromatic rings. The number of anilines is 2. The first-order chi connectivity index (χ1) is 13.0. The van der Waals surface area contributed by atoms with Crippen LogP contribution in [-0.2, 0) is 26.0 Å². The van der Waals surface area contributed by atoms with Gasteiger partial charge in [0.05, 0.1) is 17.7 Å². The number of benzene rings is 2. The van der Waals surface area contributed by atoms with Gasteiger partial charge in [0.1, 0.15) is 12.4 Å². The summed E-state index contributed by atoms with van der Waals surface area (Å²) in [5.41, 5.74) is 2.15. The van der Waals surface area contributed by atoms with Crippen LogP contribution in [-0.4, -0.2) is 41.7 Å². The molecule has 1 aliphatic rings. The minimum atomic E-state index is -3.67. The van der Waals surface area contributed by atoms with Crippen LogP contribution >= 0.6 is 0 Å². The molecule has 0 aliphatic carbocycles. The van der Waals surface area contributed by atoms with Crippen molar-refractivity contribution in [3.63, 3.8) is 0 Å². The molecule has 0 bridgehead atoms. The molecular weight excluding hydrogens is 368 g/mol. The number of nitrogens with zero attached hydrogens (tertiary/aromatic N) is 1. The van der Waals surface area contributed by atoms with Crippen molar-refractivity contribution >= 4 is 27.3 Å². The van der Waals surface area contributed by atoms with Crippen molar-refractivity contribution in [3.8, 4) is 5.75 Å². The van der Waals surface area contributed by atoms with E-state index in [0.717, 1.165) is 12.0 Å². The van der Waals surface area contributed by atoms with Gasteiger partial charge in [0.15, 0.2) is 0 Å². The summed E-state index contributed by atoms with van der Waals surface area (Å²) in [5.74, 6) is 0.348. The second-order valence-corrected chi connectivity index (χ2v) is 8.04. The molecule has 1 aliphatic heterocycles. The number of nitrogens with one attached hydrogen (secondary N) is 1. The summed E-state index contributed by atoms with van der Waals surface area (Å²) in [5, 5.41) is 2.75. The quantitative estimate of drug-likeness (QED) is 0.819. The van der Waals surface area contributed by atoms with E-state index < -0.39 is 10.0 Å². The fourth-order valence-corrected chi connectivity index (χ4v) is 4.63. The fourth-order valence-electron chi connectivity index (χ4n) is 3.09. The highest BCUT2D eigenvalue weighted by atomic mass is 32.2. The molecular formula is C19H22N2O5S. The van der Waals surface area contributed by atoms with Crippen LogP contribution in [0.25, 0.3) is 0 Å². The van der Waals surface area contributed by atoms with Gasteiger partial charge in [0, 0.05) is 19.3 Å². The Kier molecular flexibility index (Phi) is 5.67. The Hall–Kier alpha value is -2.58. The molecule has 3 rings (SSSR count). The van der Waals surface area contributed by atoms with Crippen LogP contribution in [0.3, 0.4) is 0 Å². The summed E-state index contributed by atoms with van der Waals surface area (Å²) in [6.45, 7) is 0.381. The van der Waals surface area contributed by atoms with E-state index in [1.54, 1.807) is 36.4 Å². The predicted octanol–water partition coefficient (Wildman–Crippen LogP) is 2.42. The van der Waals surface area contributed by atoms with Crippen molar-refractivity contribution in [1.82, 2.24) is 0 Å². The number of ether oxygens (including phenoxy) is 2. The lowest BCUT2D eigenvalue weighted by molar-refractivity contribution is -0.119. The largest absolute Gasteiger partial charge is 0.497 e. The zero-order chi connectivity index (χ0) is 19.4. The first kappa shape index (κ1) is 19.2. The third-order valence-electron chi connectivity index (χ3n) is 4.36. The van der Waals surface area contributed by atoms with Gasteiger partial charge in [0.25, 0.3) is 10.0 Å². The van der Waals surface area contributed by atoms with Crippen LogP contribution in [0.4, 0.5) is 11.4 Å². The van der Waals surface area contributed by atoms with Crippen LogP contribution in [0.1, 0.15) is 12.0 Å². The summed E-state index contributed by atoms with van der Waals surface area (Å²) in [6, 6.07) is 11.6. The Balaban J connectivity index is 1.90. The average Bonchev–Trinajstić information content (AvgIpc) is 2.67. The van der Waals surface area contributed by atoms with E-state index in [1.165, 1.54) is 18.5 Å². The van der Waals surface area contributed by atoms with Gasteiger partial charge in [-0.25, -0.2) is 8.42 Å². The lowest BCUT2D eigenvalue weighted by Crippen LogP contribution is -2.35. The van der Waals surface area contributed by atoms with Crippen LogP contribution < -0.4 is 14.4 Å². The number of carbonyl (C=O) groups is 1. The molecule has 7 nitrogen and oxygen atoms in total. The van der Waals surface area contributed by atoms with Crippen LogP contribution in [0.5, 0.6) is 5.75 Å². The number of aryl methyl sites for hydroxylation is 1. The topological polar surface area (TPSA) is 84.9 Å². The highest BCUT2D eigenvalue weighted by Gasteiger charge is 2.29. The van der Waals surface area contributed by atoms with E-state index in [2.05, 4.69) is 5.32 Å². The molecule has 0 spiro atoms. The third-order valence-corrected chi connectivity index (χ3v) is 6.19. The Labute approximate surface area is 158 Å². The van der Waals surface area contributed by atoms with Gasteiger partial charge in [0.2, 0.25) is 5.91 Å². The maximum atomic E-state index is 13.1. The number of methoxy groups -OCH3 is 2. The maximum Gasteiger partial charge on any atom is 0.264 e. The molecule has 2 aromatic carbocycles. The molecule has 0 radical (unpaired) electrons. The highest BCUT2D eigenvalue weighted by Crippen LogP contribution is 2.34. The lowest BCUT2D eigenvalue weighted by atomic mass is 10.0. The van der Waals surface area contributed by atoms with E-state index in [9.17, 15) is 13.2 Å². The van der Waals surface area contributed by atoms with Gasteiger partial charge in [-0.2, -0.15) is 0 Å². The summed E-state index contributed by atoms with van der Waals surface area (Å²) < 4.78 is 37.5. The molecule has 27 heavy (non-hydrogen) atoms. The van der Waals surface area contributed by atoms with Crippen molar-refractivity contribution in [2.24, 2.45) is 0 Å². The summed E-state index contributed by atoms with van der Waals surface area (Å²) >= 11 is 0. The van der Waals surface area contributed by atoms with Gasteiger partial charge in [-0.15, -0.1) is 0 Å². The molecule has 144 valence electrons. The predicted molar refractivity (Wildman–Crippen MR) is 103 cm³/mol. The zero-order valence-corrected chi connectivity index (χ0v) is 16.1. The Bertz CT molecular complexity index is 926. The van der Waals surface area contributed by atoms with Gasteiger partial charge >= 0.3 is 0 Å². The molecule has 1 N–H and O–H groups in total. The number of fused-ring (bicyclic) bond motifs is 1. The number of carbonyl (C=O) groups excluding carboxylic acids is 1. The second kappa shape index (κ2) is 7.98. The van der Waals surface area contributed by atoms with Crippen molar-refractivity contribution < 1.29 is 22.7 Å². The Morgan fingerprint density at radius 2 is 1.89 bits per heavy atom. The summed E-state index contributed by atoms with van der Waals surface area (Å²) in [6.07, 6.45) is 1.45. The van der Waals surface area contributed by atoms with Crippen LogP contribution in [0.2, 0.25) is 0 Å². The molecule has 0 saturated carbocycles. The van der Waals surface area contributed by atoms with Gasteiger partial charge in [-0.1, -0.05) is 0 Å². The third kappa shape index (κ3) is 4.06. The minimum Gasteiger partial charge on any atom is -0.497 e. The summed E-state index contributed by atoms with van der Waals surface area (Å²) in [7, 11) is -0.687. The number of amides is 1. The Morgan fingerprint density at radius 1 is 1.15 bits per heavy atom. The summed E-state index contributed by atoms with van der Waals surface area (Å²) in [4.78, 5) is 11.9. The first-order valence-corrected chi connectivity index (χ1v) is 9.98.